The highest BCUT2D eigenvalue weighted by Crippen LogP contribution is 2.27. The first kappa shape index (κ1) is 12.5. The van der Waals surface area contributed by atoms with Crippen molar-refractivity contribution in [1.82, 2.24) is 5.32 Å². The van der Waals surface area contributed by atoms with Crippen molar-refractivity contribution in [3.05, 3.63) is 29.6 Å². The van der Waals surface area contributed by atoms with Crippen molar-refractivity contribution in [1.29, 1.82) is 0 Å². The van der Waals surface area contributed by atoms with Crippen LogP contribution in [-0.2, 0) is 6.54 Å². The number of aliphatic hydroxyl groups excluding tert-OH is 1. The van der Waals surface area contributed by atoms with Crippen LogP contribution >= 0.6 is 11.8 Å². The molecular formula is C11H16FNOS. The summed E-state index contributed by atoms with van der Waals surface area (Å²) in [5.41, 5.74) is 0.933. The molecule has 0 saturated carbocycles. The maximum absolute atomic E-state index is 13.0. The van der Waals surface area contributed by atoms with Gasteiger partial charge in [-0.3, -0.25) is 0 Å². The van der Waals surface area contributed by atoms with Gasteiger partial charge >= 0.3 is 0 Å². The molecule has 2 nitrogen and oxygen atoms in total. The van der Waals surface area contributed by atoms with Crippen LogP contribution < -0.4 is 5.32 Å². The maximum Gasteiger partial charge on any atom is 0.123 e. The highest BCUT2D eigenvalue weighted by Gasteiger charge is 2.08. The molecule has 1 aromatic carbocycles. The van der Waals surface area contributed by atoms with Crippen molar-refractivity contribution < 1.29 is 9.50 Å². The molecule has 2 N–H and O–H groups in total. The van der Waals surface area contributed by atoms with Crippen LogP contribution in [0.15, 0.2) is 23.1 Å². The zero-order chi connectivity index (χ0) is 11.3. The molecular weight excluding hydrogens is 213 g/mol. The normalized spacial score (nSPS) is 12.8. The number of nitrogens with one attached hydrogen (secondary N) is 1. The Labute approximate surface area is 93.9 Å². The van der Waals surface area contributed by atoms with Gasteiger partial charge < -0.3 is 10.4 Å². The lowest BCUT2D eigenvalue weighted by Gasteiger charge is -2.12. The van der Waals surface area contributed by atoms with E-state index in [-0.39, 0.29) is 17.7 Å². The van der Waals surface area contributed by atoms with Crippen molar-refractivity contribution in [2.75, 3.05) is 13.7 Å². The molecule has 0 aliphatic carbocycles. The summed E-state index contributed by atoms with van der Waals surface area (Å²) < 4.78 is 13.0. The second kappa shape index (κ2) is 6.10. The van der Waals surface area contributed by atoms with Gasteiger partial charge in [0, 0.05) is 16.7 Å². The molecule has 1 aromatic rings. The number of hydrogen-bond acceptors (Lipinski definition) is 3. The van der Waals surface area contributed by atoms with E-state index < -0.39 is 0 Å². The Bertz CT molecular complexity index is 319. The molecule has 0 aromatic heterocycles. The van der Waals surface area contributed by atoms with E-state index in [1.807, 2.05) is 14.0 Å². The van der Waals surface area contributed by atoms with Crippen LogP contribution in [0.2, 0.25) is 0 Å². The minimum Gasteiger partial charge on any atom is -0.395 e. The van der Waals surface area contributed by atoms with E-state index in [0.717, 1.165) is 10.5 Å². The molecule has 0 saturated heterocycles. The van der Waals surface area contributed by atoms with E-state index >= 15 is 0 Å². The summed E-state index contributed by atoms with van der Waals surface area (Å²) in [6.07, 6.45) is 0. The lowest BCUT2D eigenvalue weighted by atomic mass is 10.2. The molecule has 1 rings (SSSR count). The number of thioether (sulfide) groups is 1. The van der Waals surface area contributed by atoms with Gasteiger partial charge in [0.2, 0.25) is 0 Å². The average Bonchev–Trinajstić information content (AvgIpc) is 2.22. The Kier molecular flexibility index (Phi) is 5.08. The minimum atomic E-state index is -0.221. The summed E-state index contributed by atoms with van der Waals surface area (Å²) in [7, 11) is 1.83. The van der Waals surface area contributed by atoms with Crippen LogP contribution in [0.5, 0.6) is 0 Å². The Morgan fingerprint density at radius 3 is 2.87 bits per heavy atom. The van der Waals surface area contributed by atoms with Gasteiger partial charge in [-0.1, -0.05) is 6.92 Å². The predicted octanol–water partition coefficient (Wildman–Crippen LogP) is 2.02. The van der Waals surface area contributed by atoms with Crippen LogP contribution in [0.3, 0.4) is 0 Å². The Balaban J connectivity index is 2.85. The highest BCUT2D eigenvalue weighted by molar-refractivity contribution is 8.00. The largest absolute Gasteiger partial charge is 0.395 e. The van der Waals surface area contributed by atoms with Gasteiger partial charge in [0.15, 0.2) is 0 Å². The second-order valence-corrected chi connectivity index (χ2v) is 4.87. The van der Waals surface area contributed by atoms with E-state index in [1.165, 1.54) is 12.1 Å². The first-order valence-corrected chi connectivity index (χ1v) is 5.76. The molecule has 0 spiro atoms. The third-order valence-electron chi connectivity index (χ3n) is 1.98. The number of hydrogen-bond donors (Lipinski definition) is 2. The van der Waals surface area contributed by atoms with E-state index in [4.69, 9.17) is 5.11 Å². The van der Waals surface area contributed by atoms with Gasteiger partial charge in [0.25, 0.3) is 0 Å². The monoisotopic (exact) mass is 229 g/mol. The van der Waals surface area contributed by atoms with Gasteiger partial charge in [-0.15, -0.1) is 11.8 Å². The number of aliphatic hydroxyl groups is 1. The average molecular weight is 229 g/mol. The standard InChI is InChI=1S/C11H16FNOS/c1-8(7-14)15-11-4-3-10(12)5-9(11)6-13-2/h3-5,8,13-14H,6-7H2,1-2H3. The Morgan fingerprint density at radius 2 is 2.27 bits per heavy atom. The fraction of sp³-hybridized carbons (Fsp3) is 0.455. The van der Waals surface area contributed by atoms with Gasteiger partial charge in [0.1, 0.15) is 5.82 Å². The van der Waals surface area contributed by atoms with E-state index in [2.05, 4.69) is 5.32 Å². The van der Waals surface area contributed by atoms with Gasteiger partial charge in [0.05, 0.1) is 6.61 Å². The second-order valence-electron chi connectivity index (χ2n) is 3.39. The summed E-state index contributed by atoms with van der Waals surface area (Å²) in [4.78, 5) is 1.02. The lowest BCUT2D eigenvalue weighted by molar-refractivity contribution is 0.300. The molecule has 1 unspecified atom stereocenters. The number of halogens is 1. The van der Waals surface area contributed by atoms with Crippen molar-refractivity contribution in [2.24, 2.45) is 0 Å². The predicted molar refractivity (Wildman–Crippen MR) is 61.6 cm³/mol. The van der Waals surface area contributed by atoms with Crippen molar-refractivity contribution in [3.63, 3.8) is 0 Å². The molecule has 4 heteroatoms. The SMILES string of the molecule is CNCc1cc(F)ccc1SC(C)CO. The molecule has 0 bridgehead atoms. The summed E-state index contributed by atoms with van der Waals surface area (Å²) in [5, 5.41) is 12.1. The summed E-state index contributed by atoms with van der Waals surface area (Å²) >= 11 is 1.56. The van der Waals surface area contributed by atoms with Gasteiger partial charge in [-0.25, -0.2) is 4.39 Å². The summed E-state index contributed by atoms with van der Waals surface area (Å²) in [6, 6.07) is 4.74. The molecule has 0 amide bonds. The smallest absolute Gasteiger partial charge is 0.123 e. The number of rotatable bonds is 5. The van der Waals surface area contributed by atoms with Crippen LogP contribution in [0, 0.1) is 5.82 Å². The molecule has 0 aliphatic heterocycles. The third-order valence-corrected chi connectivity index (χ3v) is 3.18. The van der Waals surface area contributed by atoms with E-state index in [0.29, 0.717) is 6.54 Å². The topological polar surface area (TPSA) is 32.3 Å². The molecule has 0 heterocycles. The first-order chi connectivity index (χ1) is 7.17. The Hall–Kier alpha value is -0.580. The molecule has 84 valence electrons. The lowest BCUT2D eigenvalue weighted by Crippen LogP contribution is -2.08. The quantitative estimate of drug-likeness (QED) is 0.758. The van der Waals surface area contributed by atoms with Crippen molar-refractivity contribution in [2.45, 2.75) is 23.6 Å². The van der Waals surface area contributed by atoms with Crippen molar-refractivity contribution in [3.8, 4) is 0 Å². The fourth-order valence-electron chi connectivity index (χ4n) is 1.25. The maximum atomic E-state index is 13.0. The van der Waals surface area contributed by atoms with Crippen LogP contribution in [0.1, 0.15) is 12.5 Å². The molecule has 0 radical (unpaired) electrons. The first-order valence-electron chi connectivity index (χ1n) is 4.88. The van der Waals surface area contributed by atoms with E-state index in [9.17, 15) is 4.39 Å². The highest BCUT2D eigenvalue weighted by atomic mass is 32.2. The van der Waals surface area contributed by atoms with Crippen LogP contribution in [0.25, 0.3) is 0 Å². The Morgan fingerprint density at radius 1 is 1.53 bits per heavy atom. The zero-order valence-corrected chi connectivity index (χ0v) is 9.77. The fourth-order valence-corrected chi connectivity index (χ4v) is 2.18. The summed E-state index contributed by atoms with van der Waals surface area (Å²) in [5.74, 6) is -0.221. The minimum absolute atomic E-state index is 0.126. The molecule has 0 aliphatic rings. The summed E-state index contributed by atoms with van der Waals surface area (Å²) in [6.45, 7) is 2.70. The molecule has 1 atom stereocenters. The van der Waals surface area contributed by atoms with Crippen LogP contribution in [-0.4, -0.2) is 24.0 Å². The molecule has 0 fully saturated rings. The van der Waals surface area contributed by atoms with Gasteiger partial charge in [-0.05, 0) is 30.8 Å². The molecule has 15 heavy (non-hydrogen) atoms. The zero-order valence-electron chi connectivity index (χ0n) is 8.96. The van der Waals surface area contributed by atoms with Crippen molar-refractivity contribution >= 4 is 11.8 Å². The van der Waals surface area contributed by atoms with E-state index in [1.54, 1.807) is 17.8 Å². The number of benzene rings is 1. The van der Waals surface area contributed by atoms with Gasteiger partial charge in [-0.2, -0.15) is 0 Å². The third kappa shape index (κ3) is 3.81. The van der Waals surface area contributed by atoms with Crippen LogP contribution in [0.4, 0.5) is 4.39 Å².